The molecule has 0 saturated carbocycles. The number of benzene rings is 2. The topological polar surface area (TPSA) is 101 Å². The van der Waals surface area contributed by atoms with Crippen molar-refractivity contribution in [2.75, 3.05) is 10.6 Å². The van der Waals surface area contributed by atoms with Crippen molar-refractivity contribution >= 4 is 28.9 Å². The molecule has 7 nitrogen and oxygen atoms in total. The maximum atomic E-state index is 12.3. The molecule has 0 unspecified atom stereocenters. The summed E-state index contributed by atoms with van der Waals surface area (Å²) in [6, 6.07) is 10.5. The van der Waals surface area contributed by atoms with Crippen molar-refractivity contribution in [1.82, 2.24) is 0 Å². The Bertz CT molecular complexity index is 785. The van der Waals surface area contributed by atoms with E-state index in [0.29, 0.717) is 23.4 Å². The van der Waals surface area contributed by atoms with E-state index in [-0.39, 0.29) is 17.5 Å². The van der Waals surface area contributed by atoms with Crippen LogP contribution in [0.25, 0.3) is 0 Å². The average molecular weight is 327 g/mol. The molecule has 0 saturated heterocycles. The summed E-state index contributed by atoms with van der Waals surface area (Å²) in [5.41, 5.74) is 2.15. The molecular weight excluding hydrogens is 310 g/mol. The van der Waals surface area contributed by atoms with E-state index in [0.717, 1.165) is 5.56 Å². The molecule has 0 bridgehead atoms. The van der Waals surface area contributed by atoms with Gasteiger partial charge in [0.15, 0.2) is 0 Å². The first-order valence-electron chi connectivity index (χ1n) is 7.37. The van der Waals surface area contributed by atoms with Crippen LogP contribution >= 0.6 is 0 Å². The molecule has 2 amide bonds. The van der Waals surface area contributed by atoms with E-state index < -0.39 is 4.92 Å². The second-order valence-electron chi connectivity index (χ2n) is 5.14. The number of carbonyl (C=O) groups excluding carboxylic acids is 2. The Hall–Kier alpha value is -3.22. The van der Waals surface area contributed by atoms with Crippen LogP contribution in [0.15, 0.2) is 42.5 Å². The molecule has 0 aliphatic rings. The van der Waals surface area contributed by atoms with Crippen molar-refractivity contribution in [3.05, 3.63) is 63.7 Å². The molecule has 0 heterocycles. The van der Waals surface area contributed by atoms with Crippen LogP contribution in [0, 0.1) is 17.0 Å². The monoisotopic (exact) mass is 327 g/mol. The summed E-state index contributed by atoms with van der Waals surface area (Å²) in [5.74, 6) is -0.496. The van der Waals surface area contributed by atoms with Gasteiger partial charge in [-0.2, -0.15) is 0 Å². The molecule has 124 valence electrons. The van der Waals surface area contributed by atoms with Gasteiger partial charge in [-0.1, -0.05) is 13.0 Å². The first kappa shape index (κ1) is 17.1. The Morgan fingerprint density at radius 2 is 1.62 bits per heavy atom. The fourth-order valence-electron chi connectivity index (χ4n) is 2.07. The number of nitro benzene ring substituents is 1. The zero-order valence-corrected chi connectivity index (χ0v) is 13.3. The van der Waals surface area contributed by atoms with Crippen LogP contribution < -0.4 is 10.6 Å². The molecule has 7 heteroatoms. The van der Waals surface area contributed by atoms with Crippen molar-refractivity contribution in [3.63, 3.8) is 0 Å². The van der Waals surface area contributed by atoms with Crippen molar-refractivity contribution in [2.45, 2.75) is 20.3 Å². The first-order chi connectivity index (χ1) is 11.4. The molecule has 2 aromatic rings. The van der Waals surface area contributed by atoms with Gasteiger partial charge in [-0.3, -0.25) is 19.7 Å². The second kappa shape index (κ2) is 7.36. The molecular formula is C17H17N3O4. The van der Waals surface area contributed by atoms with Crippen LogP contribution in [-0.2, 0) is 4.79 Å². The smallest absolute Gasteiger partial charge is 0.269 e. The molecule has 24 heavy (non-hydrogen) atoms. The molecule has 0 aliphatic heterocycles. The Kier molecular flexibility index (Phi) is 5.26. The van der Waals surface area contributed by atoms with Gasteiger partial charge in [-0.25, -0.2) is 0 Å². The van der Waals surface area contributed by atoms with Gasteiger partial charge in [-0.05, 0) is 36.8 Å². The first-order valence-corrected chi connectivity index (χ1v) is 7.37. The van der Waals surface area contributed by atoms with Gasteiger partial charge in [0.05, 0.1) is 4.92 Å². The van der Waals surface area contributed by atoms with E-state index in [1.165, 1.54) is 24.3 Å². The van der Waals surface area contributed by atoms with Crippen LogP contribution in [0.5, 0.6) is 0 Å². The highest BCUT2D eigenvalue weighted by molar-refractivity contribution is 6.05. The van der Waals surface area contributed by atoms with Crippen molar-refractivity contribution in [1.29, 1.82) is 0 Å². The number of anilines is 2. The minimum Gasteiger partial charge on any atom is -0.326 e. The van der Waals surface area contributed by atoms with Gasteiger partial charge in [0.25, 0.3) is 11.6 Å². The van der Waals surface area contributed by atoms with Gasteiger partial charge >= 0.3 is 0 Å². The molecule has 0 atom stereocenters. The van der Waals surface area contributed by atoms with Gasteiger partial charge in [0, 0.05) is 35.5 Å². The predicted molar refractivity (Wildman–Crippen MR) is 91.1 cm³/mol. The highest BCUT2D eigenvalue weighted by Gasteiger charge is 2.12. The summed E-state index contributed by atoms with van der Waals surface area (Å²) in [4.78, 5) is 33.9. The van der Waals surface area contributed by atoms with E-state index in [1.807, 2.05) is 0 Å². The minimum atomic E-state index is -0.522. The van der Waals surface area contributed by atoms with E-state index >= 15 is 0 Å². The SMILES string of the molecule is CCC(=O)Nc1cccc(NC(=O)c2ccc([N+](=O)[O-])cc2)c1C. The molecule has 2 aromatic carbocycles. The van der Waals surface area contributed by atoms with Crippen LogP contribution in [0.1, 0.15) is 29.3 Å². The Balaban J connectivity index is 2.18. The Morgan fingerprint density at radius 3 is 2.17 bits per heavy atom. The van der Waals surface area contributed by atoms with Gasteiger partial charge in [-0.15, -0.1) is 0 Å². The fraction of sp³-hybridized carbons (Fsp3) is 0.176. The second-order valence-corrected chi connectivity index (χ2v) is 5.14. The number of nitrogens with zero attached hydrogens (tertiary/aromatic N) is 1. The third-order valence-corrected chi connectivity index (χ3v) is 3.52. The van der Waals surface area contributed by atoms with E-state index in [1.54, 1.807) is 32.0 Å². The van der Waals surface area contributed by atoms with Crippen LogP contribution in [0.3, 0.4) is 0 Å². The number of amides is 2. The van der Waals surface area contributed by atoms with Gasteiger partial charge in [0.2, 0.25) is 5.91 Å². The molecule has 2 N–H and O–H groups in total. The lowest BCUT2D eigenvalue weighted by Gasteiger charge is -2.13. The summed E-state index contributed by atoms with van der Waals surface area (Å²) in [6.45, 7) is 3.54. The lowest BCUT2D eigenvalue weighted by molar-refractivity contribution is -0.384. The molecule has 0 fully saturated rings. The summed E-state index contributed by atoms with van der Waals surface area (Å²) < 4.78 is 0. The third kappa shape index (κ3) is 3.95. The largest absolute Gasteiger partial charge is 0.326 e. The summed E-state index contributed by atoms with van der Waals surface area (Å²) >= 11 is 0. The number of hydrogen-bond donors (Lipinski definition) is 2. The third-order valence-electron chi connectivity index (χ3n) is 3.52. The number of nitrogens with one attached hydrogen (secondary N) is 2. The summed E-state index contributed by atoms with van der Waals surface area (Å²) in [7, 11) is 0. The molecule has 0 spiro atoms. The maximum absolute atomic E-state index is 12.3. The normalized spacial score (nSPS) is 10.1. The molecule has 0 aliphatic carbocycles. The van der Waals surface area contributed by atoms with Crippen molar-refractivity contribution in [2.24, 2.45) is 0 Å². The van der Waals surface area contributed by atoms with Crippen LogP contribution in [0.4, 0.5) is 17.1 Å². The Morgan fingerprint density at radius 1 is 1.04 bits per heavy atom. The average Bonchev–Trinajstić information content (AvgIpc) is 2.58. The zero-order valence-electron chi connectivity index (χ0n) is 13.3. The predicted octanol–water partition coefficient (Wildman–Crippen LogP) is 3.50. The standard InChI is InChI=1S/C17H17N3O4/c1-3-16(21)18-14-5-4-6-15(11(14)2)19-17(22)12-7-9-13(10-8-12)20(23)24/h4-10H,3H2,1-2H3,(H,18,21)(H,19,22). The van der Waals surface area contributed by atoms with Crippen molar-refractivity contribution < 1.29 is 14.5 Å². The minimum absolute atomic E-state index is 0.0768. The van der Waals surface area contributed by atoms with E-state index in [2.05, 4.69) is 10.6 Å². The van der Waals surface area contributed by atoms with Crippen molar-refractivity contribution in [3.8, 4) is 0 Å². The van der Waals surface area contributed by atoms with Gasteiger partial charge < -0.3 is 10.6 Å². The molecule has 0 aromatic heterocycles. The number of nitro groups is 1. The summed E-state index contributed by atoms with van der Waals surface area (Å²) in [6.07, 6.45) is 0.360. The quantitative estimate of drug-likeness (QED) is 0.648. The number of carbonyl (C=O) groups is 2. The lowest BCUT2D eigenvalue weighted by Crippen LogP contribution is -2.15. The lowest BCUT2D eigenvalue weighted by atomic mass is 10.1. The number of non-ortho nitro benzene ring substituents is 1. The maximum Gasteiger partial charge on any atom is 0.269 e. The highest BCUT2D eigenvalue weighted by atomic mass is 16.6. The molecule has 0 radical (unpaired) electrons. The highest BCUT2D eigenvalue weighted by Crippen LogP contribution is 2.24. The molecule has 2 rings (SSSR count). The number of rotatable bonds is 5. The fourth-order valence-corrected chi connectivity index (χ4v) is 2.07. The zero-order chi connectivity index (χ0) is 17.7. The summed E-state index contributed by atoms with van der Waals surface area (Å²) in [5, 5.41) is 16.2. The number of hydrogen-bond acceptors (Lipinski definition) is 4. The Labute approximate surface area is 138 Å². The van der Waals surface area contributed by atoms with E-state index in [4.69, 9.17) is 0 Å². The van der Waals surface area contributed by atoms with E-state index in [9.17, 15) is 19.7 Å². The van der Waals surface area contributed by atoms with Crippen LogP contribution in [0.2, 0.25) is 0 Å². The van der Waals surface area contributed by atoms with Gasteiger partial charge in [0.1, 0.15) is 0 Å². The van der Waals surface area contributed by atoms with Crippen LogP contribution in [-0.4, -0.2) is 16.7 Å².